The van der Waals surface area contributed by atoms with Crippen LogP contribution in [-0.2, 0) is 6.42 Å². The van der Waals surface area contributed by atoms with Crippen LogP contribution in [0.2, 0.25) is 0 Å². The highest BCUT2D eigenvalue weighted by atomic mass is 15.2. The number of rotatable bonds is 4. The van der Waals surface area contributed by atoms with Crippen LogP contribution < -0.4 is 5.32 Å². The summed E-state index contributed by atoms with van der Waals surface area (Å²) >= 11 is 0. The largest absolute Gasteiger partial charge is 0.366 e. The number of nitrogens with one attached hydrogen (secondary N) is 1. The minimum Gasteiger partial charge on any atom is -0.366 e. The van der Waals surface area contributed by atoms with Crippen LogP contribution in [0.3, 0.4) is 0 Å². The molecule has 1 saturated heterocycles. The first-order valence-corrected chi connectivity index (χ1v) is 7.04. The molecule has 0 aromatic carbocycles. The average molecular weight is 248 g/mol. The second kappa shape index (κ2) is 6.14. The number of hydrogen-bond donors (Lipinski definition) is 1. The Morgan fingerprint density at radius 2 is 2.22 bits per heavy atom. The molecular weight excluding hydrogens is 224 g/mol. The van der Waals surface area contributed by atoms with Gasteiger partial charge in [0.2, 0.25) is 0 Å². The molecule has 1 N–H and O–H groups in total. The molecule has 0 spiro atoms. The summed E-state index contributed by atoms with van der Waals surface area (Å²) in [4.78, 5) is 11.4. The summed E-state index contributed by atoms with van der Waals surface area (Å²) in [5.41, 5.74) is 1.12. The van der Waals surface area contributed by atoms with Gasteiger partial charge in [-0.25, -0.2) is 9.97 Å². The fourth-order valence-corrected chi connectivity index (χ4v) is 2.55. The zero-order chi connectivity index (χ0) is 13.0. The van der Waals surface area contributed by atoms with Gasteiger partial charge in [-0.3, -0.25) is 0 Å². The Kier molecular flexibility index (Phi) is 4.53. The van der Waals surface area contributed by atoms with Crippen molar-refractivity contribution >= 4 is 5.82 Å². The minimum atomic E-state index is 0.526. The highest BCUT2D eigenvalue weighted by Crippen LogP contribution is 2.15. The molecule has 1 unspecified atom stereocenters. The summed E-state index contributed by atoms with van der Waals surface area (Å²) in [6.45, 7) is 9.82. The van der Waals surface area contributed by atoms with Crippen LogP contribution in [0.4, 0.5) is 5.82 Å². The van der Waals surface area contributed by atoms with E-state index in [0.29, 0.717) is 6.04 Å². The van der Waals surface area contributed by atoms with Crippen molar-refractivity contribution < 1.29 is 0 Å². The smallest absolute Gasteiger partial charge is 0.130 e. The van der Waals surface area contributed by atoms with Crippen LogP contribution in [0.1, 0.15) is 38.2 Å². The highest BCUT2D eigenvalue weighted by molar-refractivity contribution is 5.37. The first-order chi connectivity index (χ1) is 8.71. The second-order valence-corrected chi connectivity index (χ2v) is 5.02. The van der Waals surface area contributed by atoms with Crippen LogP contribution in [0.25, 0.3) is 0 Å². The minimum absolute atomic E-state index is 0.526. The van der Waals surface area contributed by atoms with Gasteiger partial charge in [0, 0.05) is 24.3 Å². The van der Waals surface area contributed by atoms with E-state index in [0.717, 1.165) is 36.8 Å². The lowest BCUT2D eigenvalue weighted by Gasteiger charge is -2.32. The summed E-state index contributed by atoms with van der Waals surface area (Å²) in [7, 11) is 0. The summed E-state index contributed by atoms with van der Waals surface area (Å²) in [5, 5.41) is 3.57. The van der Waals surface area contributed by atoms with Gasteiger partial charge < -0.3 is 10.2 Å². The Balaban J connectivity index is 2.02. The molecule has 1 fully saturated rings. The number of nitrogens with zero attached hydrogens (tertiary/aromatic N) is 3. The van der Waals surface area contributed by atoms with Crippen molar-refractivity contribution in [2.24, 2.45) is 0 Å². The third-order valence-corrected chi connectivity index (χ3v) is 3.56. The normalized spacial score (nSPS) is 20.9. The lowest BCUT2D eigenvalue weighted by atomic mass is 10.1. The summed E-state index contributed by atoms with van der Waals surface area (Å²) < 4.78 is 0. The molecule has 100 valence electrons. The topological polar surface area (TPSA) is 41.0 Å². The molecule has 2 rings (SSSR count). The van der Waals surface area contributed by atoms with Crippen LogP contribution in [-0.4, -0.2) is 40.5 Å². The number of aryl methyl sites for hydroxylation is 2. The molecule has 2 heterocycles. The maximum absolute atomic E-state index is 4.49. The Hall–Kier alpha value is -1.16. The number of aromatic nitrogens is 2. The van der Waals surface area contributed by atoms with Crippen molar-refractivity contribution in [1.82, 2.24) is 14.9 Å². The molecule has 1 aliphatic rings. The van der Waals surface area contributed by atoms with E-state index in [2.05, 4.69) is 40.1 Å². The van der Waals surface area contributed by atoms with Crippen molar-refractivity contribution in [2.75, 3.05) is 25.0 Å². The fourth-order valence-electron chi connectivity index (χ4n) is 2.55. The van der Waals surface area contributed by atoms with Crippen LogP contribution in [0.5, 0.6) is 0 Å². The van der Waals surface area contributed by atoms with Gasteiger partial charge in [0.1, 0.15) is 11.6 Å². The Labute approximate surface area is 110 Å². The molecular formula is C14H24N4. The van der Waals surface area contributed by atoms with E-state index in [1.807, 2.05) is 6.92 Å². The number of piperidine rings is 1. The molecule has 0 saturated carbocycles. The van der Waals surface area contributed by atoms with Crippen molar-refractivity contribution in [3.63, 3.8) is 0 Å². The molecule has 1 aliphatic heterocycles. The molecule has 0 amide bonds. The standard InChI is InChI=1S/C14H24N4/c1-4-12-9-14(16-11(3)15-12)17-13-7-6-8-18(5-2)10-13/h9,13H,4-8,10H2,1-3H3,(H,15,16,17). The van der Waals surface area contributed by atoms with Gasteiger partial charge in [0.15, 0.2) is 0 Å². The van der Waals surface area contributed by atoms with E-state index in [9.17, 15) is 0 Å². The van der Waals surface area contributed by atoms with Gasteiger partial charge in [0.25, 0.3) is 0 Å². The first-order valence-electron chi connectivity index (χ1n) is 7.04. The Morgan fingerprint density at radius 3 is 2.94 bits per heavy atom. The van der Waals surface area contributed by atoms with Crippen molar-refractivity contribution in [3.8, 4) is 0 Å². The summed E-state index contributed by atoms with van der Waals surface area (Å²) in [5.74, 6) is 1.85. The van der Waals surface area contributed by atoms with Gasteiger partial charge in [-0.1, -0.05) is 13.8 Å². The molecule has 0 aliphatic carbocycles. The van der Waals surface area contributed by atoms with Gasteiger partial charge in [-0.05, 0) is 39.3 Å². The van der Waals surface area contributed by atoms with E-state index >= 15 is 0 Å². The molecule has 1 atom stereocenters. The van der Waals surface area contributed by atoms with E-state index in [-0.39, 0.29) is 0 Å². The van der Waals surface area contributed by atoms with Gasteiger partial charge in [-0.15, -0.1) is 0 Å². The zero-order valence-electron chi connectivity index (χ0n) is 11.7. The van der Waals surface area contributed by atoms with Gasteiger partial charge in [-0.2, -0.15) is 0 Å². The van der Waals surface area contributed by atoms with Gasteiger partial charge >= 0.3 is 0 Å². The highest BCUT2D eigenvalue weighted by Gasteiger charge is 2.18. The second-order valence-electron chi connectivity index (χ2n) is 5.02. The number of likely N-dealkylation sites (N-methyl/N-ethyl adjacent to an activating group) is 1. The summed E-state index contributed by atoms with van der Waals surface area (Å²) in [6.07, 6.45) is 3.47. The maximum atomic E-state index is 4.49. The van der Waals surface area contributed by atoms with E-state index in [4.69, 9.17) is 0 Å². The predicted molar refractivity (Wildman–Crippen MR) is 74.9 cm³/mol. The molecule has 0 bridgehead atoms. The average Bonchev–Trinajstić information content (AvgIpc) is 2.38. The number of likely N-dealkylation sites (tertiary alicyclic amines) is 1. The van der Waals surface area contributed by atoms with Crippen molar-refractivity contribution in [3.05, 3.63) is 17.6 Å². The predicted octanol–water partition coefficient (Wildman–Crippen LogP) is 2.24. The SMILES string of the molecule is CCc1cc(NC2CCCN(CC)C2)nc(C)n1. The number of hydrogen-bond acceptors (Lipinski definition) is 4. The van der Waals surface area contributed by atoms with Gasteiger partial charge in [0.05, 0.1) is 0 Å². The first kappa shape index (κ1) is 13.3. The van der Waals surface area contributed by atoms with E-state index in [1.54, 1.807) is 0 Å². The summed E-state index contributed by atoms with van der Waals surface area (Å²) in [6, 6.07) is 2.61. The third-order valence-electron chi connectivity index (χ3n) is 3.56. The van der Waals surface area contributed by atoms with Crippen molar-refractivity contribution in [1.29, 1.82) is 0 Å². The maximum Gasteiger partial charge on any atom is 0.130 e. The Bertz CT molecular complexity index is 391. The van der Waals surface area contributed by atoms with E-state index < -0.39 is 0 Å². The lowest BCUT2D eigenvalue weighted by molar-refractivity contribution is 0.226. The lowest BCUT2D eigenvalue weighted by Crippen LogP contribution is -2.42. The number of anilines is 1. The van der Waals surface area contributed by atoms with Crippen molar-refractivity contribution in [2.45, 2.75) is 46.1 Å². The monoisotopic (exact) mass is 248 g/mol. The van der Waals surface area contributed by atoms with Crippen LogP contribution in [0, 0.1) is 6.92 Å². The molecule has 4 nitrogen and oxygen atoms in total. The Morgan fingerprint density at radius 1 is 1.39 bits per heavy atom. The quantitative estimate of drug-likeness (QED) is 0.887. The molecule has 1 aromatic heterocycles. The third kappa shape index (κ3) is 3.42. The van der Waals surface area contributed by atoms with Crippen LogP contribution in [0.15, 0.2) is 6.07 Å². The molecule has 18 heavy (non-hydrogen) atoms. The molecule has 0 radical (unpaired) electrons. The van der Waals surface area contributed by atoms with Crippen LogP contribution >= 0.6 is 0 Å². The molecule has 1 aromatic rings. The molecule has 4 heteroatoms. The van der Waals surface area contributed by atoms with E-state index in [1.165, 1.54) is 19.4 Å². The zero-order valence-corrected chi connectivity index (χ0v) is 11.7. The fraction of sp³-hybridized carbons (Fsp3) is 0.714.